The zero-order valence-corrected chi connectivity index (χ0v) is 12.7. The lowest BCUT2D eigenvalue weighted by atomic mass is 10.3. The number of amides is 1. The van der Waals surface area contributed by atoms with Crippen LogP contribution in [0.5, 0.6) is 5.75 Å². The highest BCUT2D eigenvalue weighted by molar-refractivity contribution is 6.31. The number of halogens is 2. The molecule has 2 aromatic carbocycles. The number of nitrogens with one attached hydrogen (secondary N) is 1. The molecule has 0 unspecified atom stereocenters. The summed E-state index contributed by atoms with van der Waals surface area (Å²) in [4.78, 5) is 15.9. The van der Waals surface area contributed by atoms with E-state index in [2.05, 4.69) is 10.3 Å². The van der Waals surface area contributed by atoms with Crippen molar-refractivity contribution < 1.29 is 13.9 Å². The van der Waals surface area contributed by atoms with Gasteiger partial charge in [0.1, 0.15) is 11.3 Å². The Morgan fingerprint density at radius 1 is 1.14 bits per heavy atom. The minimum Gasteiger partial charge on any atom is -0.484 e. The maximum Gasteiger partial charge on any atom is 0.302 e. The third kappa shape index (κ3) is 3.50. The molecule has 0 saturated carbocycles. The molecule has 1 heterocycles. The van der Waals surface area contributed by atoms with Gasteiger partial charge in [0.25, 0.3) is 5.91 Å². The fraction of sp³-hybridized carbons (Fsp3) is 0.0667. The fourth-order valence-electron chi connectivity index (χ4n) is 1.79. The van der Waals surface area contributed by atoms with Gasteiger partial charge in [0.05, 0.1) is 0 Å². The van der Waals surface area contributed by atoms with Gasteiger partial charge in [-0.1, -0.05) is 23.2 Å². The minimum absolute atomic E-state index is 0.0990. The second kappa shape index (κ2) is 6.25. The molecule has 0 atom stereocenters. The van der Waals surface area contributed by atoms with Crippen LogP contribution in [0.4, 0.5) is 6.01 Å². The molecule has 0 spiro atoms. The first kappa shape index (κ1) is 14.7. The first-order chi connectivity index (χ1) is 10.6. The molecule has 5 nitrogen and oxygen atoms in total. The first-order valence-corrected chi connectivity index (χ1v) is 7.10. The van der Waals surface area contributed by atoms with Gasteiger partial charge in [-0.2, -0.15) is 4.98 Å². The summed E-state index contributed by atoms with van der Waals surface area (Å²) in [5, 5.41) is 3.66. The number of fused-ring (bicyclic) bond motifs is 1. The van der Waals surface area contributed by atoms with Crippen LogP contribution in [0.1, 0.15) is 0 Å². The minimum atomic E-state index is -0.382. The van der Waals surface area contributed by atoms with Crippen molar-refractivity contribution in [3.05, 3.63) is 52.5 Å². The number of rotatable bonds is 4. The molecule has 0 radical (unpaired) electrons. The number of hydrogen-bond donors (Lipinski definition) is 1. The smallest absolute Gasteiger partial charge is 0.302 e. The van der Waals surface area contributed by atoms with Crippen molar-refractivity contribution in [1.82, 2.24) is 4.98 Å². The molecule has 0 aliphatic carbocycles. The van der Waals surface area contributed by atoms with Gasteiger partial charge in [0.15, 0.2) is 12.2 Å². The average molecular weight is 337 g/mol. The molecule has 22 heavy (non-hydrogen) atoms. The van der Waals surface area contributed by atoms with Gasteiger partial charge in [-0.05, 0) is 36.4 Å². The van der Waals surface area contributed by atoms with Crippen LogP contribution in [-0.4, -0.2) is 17.5 Å². The molecule has 3 aromatic rings. The summed E-state index contributed by atoms with van der Waals surface area (Å²) in [5.74, 6) is 0.163. The third-order valence-corrected chi connectivity index (χ3v) is 3.27. The van der Waals surface area contributed by atoms with Crippen LogP contribution < -0.4 is 10.1 Å². The molecular formula is C15H10Cl2N2O3. The van der Waals surface area contributed by atoms with Crippen LogP contribution in [0, 0.1) is 0 Å². The summed E-state index contributed by atoms with van der Waals surface area (Å²) in [7, 11) is 0. The van der Waals surface area contributed by atoms with E-state index >= 15 is 0 Å². The summed E-state index contributed by atoms with van der Waals surface area (Å²) in [6.45, 7) is -0.166. The SMILES string of the molecule is O=C(COc1ccc(Cl)cc1)Nc1nc2ccc(Cl)cc2o1. The Labute approximate surface area is 135 Å². The maximum absolute atomic E-state index is 11.8. The second-order valence-electron chi connectivity index (χ2n) is 4.42. The zero-order valence-electron chi connectivity index (χ0n) is 11.2. The largest absolute Gasteiger partial charge is 0.484 e. The van der Waals surface area contributed by atoms with Crippen LogP contribution in [-0.2, 0) is 4.79 Å². The number of carbonyl (C=O) groups is 1. The van der Waals surface area contributed by atoms with Crippen molar-refractivity contribution in [2.45, 2.75) is 0 Å². The number of carbonyl (C=O) groups excluding carboxylic acids is 1. The summed E-state index contributed by atoms with van der Waals surface area (Å²) >= 11 is 11.6. The van der Waals surface area contributed by atoms with Crippen molar-refractivity contribution in [2.24, 2.45) is 0 Å². The summed E-state index contributed by atoms with van der Waals surface area (Å²) in [6, 6.07) is 11.8. The molecule has 112 valence electrons. The van der Waals surface area contributed by atoms with E-state index in [1.165, 1.54) is 0 Å². The second-order valence-corrected chi connectivity index (χ2v) is 5.29. The molecule has 1 N–H and O–H groups in total. The highest BCUT2D eigenvalue weighted by Crippen LogP contribution is 2.22. The van der Waals surface area contributed by atoms with E-state index in [0.29, 0.717) is 26.9 Å². The summed E-state index contributed by atoms with van der Waals surface area (Å²) in [5.41, 5.74) is 1.11. The average Bonchev–Trinajstić information content (AvgIpc) is 2.88. The molecule has 0 aliphatic rings. The maximum atomic E-state index is 11.8. The number of hydrogen-bond acceptors (Lipinski definition) is 4. The van der Waals surface area contributed by atoms with Crippen LogP contribution in [0.25, 0.3) is 11.1 Å². The standard InChI is InChI=1S/C15H10Cl2N2O3/c16-9-1-4-11(5-2-9)21-8-14(20)19-15-18-12-6-3-10(17)7-13(12)22-15/h1-7H,8H2,(H,18,19,20). The van der Waals surface area contributed by atoms with Gasteiger partial charge in [-0.3, -0.25) is 10.1 Å². The molecule has 3 rings (SSSR count). The highest BCUT2D eigenvalue weighted by atomic mass is 35.5. The third-order valence-electron chi connectivity index (χ3n) is 2.78. The van der Waals surface area contributed by atoms with Crippen molar-refractivity contribution in [2.75, 3.05) is 11.9 Å². The molecule has 1 amide bonds. The topological polar surface area (TPSA) is 64.4 Å². The number of oxazole rings is 1. The molecule has 1 aromatic heterocycles. The molecule has 0 bridgehead atoms. The van der Waals surface area contributed by atoms with Gasteiger partial charge in [-0.15, -0.1) is 0 Å². The van der Waals surface area contributed by atoms with Crippen LogP contribution in [0.15, 0.2) is 46.9 Å². The van der Waals surface area contributed by atoms with E-state index in [0.717, 1.165) is 0 Å². The Balaban J connectivity index is 1.61. The Morgan fingerprint density at radius 2 is 1.86 bits per heavy atom. The number of nitrogens with zero attached hydrogens (tertiary/aromatic N) is 1. The highest BCUT2D eigenvalue weighted by Gasteiger charge is 2.10. The Morgan fingerprint density at radius 3 is 2.64 bits per heavy atom. The Hall–Kier alpha value is -2.24. The first-order valence-electron chi connectivity index (χ1n) is 6.34. The number of anilines is 1. The summed E-state index contributed by atoms with van der Waals surface area (Å²) in [6.07, 6.45) is 0. The van der Waals surface area contributed by atoms with E-state index in [4.69, 9.17) is 32.4 Å². The number of benzene rings is 2. The fourth-order valence-corrected chi connectivity index (χ4v) is 2.08. The van der Waals surface area contributed by atoms with Gasteiger partial charge in [0.2, 0.25) is 0 Å². The van der Waals surface area contributed by atoms with Crippen LogP contribution >= 0.6 is 23.2 Å². The van der Waals surface area contributed by atoms with E-state index in [1.807, 2.05) is 0 Å². The lowest BCUT2D eigenvalue weighted by Crippen LogP contribution is -2.20. The van der Waals surface area contributed by atoms with Crippen molar-refractivity contribution >= 4 is 46.2 Å². The lowest BCUT2D eigenvalue weighted by Gasteiger charge is -2.05. The molecule has 7 heteroatoms. The molecular weight excluding hydrogens is 327 g/mol. The Bertz CT molecular complexity index is 815. The zero-order chi connectivity index (χ0) is 15.5. The quantitative estimate of drug-likeness (QED) is 0.777. The lowest BCUT2D eigenvalue weighted by molar-refractivity contribution is -0.118. The monoisotopic (exact) mass is 336 g/mol. The predicted octanol–water partition coefficient (Wildman–Crippen LogP) is 4.15. The van der Waals surface area contributed by atoms with E-state index in [-0.39, 0.29) is 18.5 Å². The van der Waals surface area contributed by atoms with Gasteiger partial charge in [0, 0.05) is 16.1 Å². The van der Waals surface area contributed by atoms with Crippen molar-refractivity contribution in [3.63, 3.8) is 0 Å². The van der Waals surface area contributed by atoms with Gasteiger partial charge >= 0.3 is 6.01 Å². The van der Waals surface area contributed by atoms with Gasteiger partial charge < -0.3 is 9.15 Å². The number of ether oxygens (including phenoxy) is 1. The van der Waals surface area contributed by atoms with E-state index in [9.17, 15) is 4.79 Å². The summed E-state index contributed by atoms with van der Waals surface area (Å²) < 4.78 is 10.7. The molecule has 0 aliphatic heterocycles. The number of aromatic nitrogens is 1. The van der Waals surface area contributed by atoms with E-state index < -0.39 is 0 Å². The van der Waals surface area contributed by atoms with Crippen LogP contribution in [0.2, 0.25) is 10.0 Å². The predicted molar refractivity (Wildman–Crippen MR) is 84.6 cm³/mol. The normalized spacial score (nSPS) is 10.6. The van der Waals surface area contributed by atoms with Gasteiger partial charge in [-0.25, -0.2) is 0 Å². The van der Waals surface area contributed by atoms with Crippen LogP contribution in [0.3, 0.4) is 0 Å². The molecule has 0 fully saturated rings. The Kier molecular flexibility index (Phi) is 4.18. The van der Waals surface area contributed by atoms with Crippen molar-refractivity contribution in [1.29, 1.82) is 0 Å². The molecule has 0 saturated heterocycles. The van der Waals surface area contributed by atoms with Crippen molar-refractivity contribution in [3.8, 4) is 5.75 Å². The van der Waals surface area contributed by atoms with E-state index in [1.54, 1.807) is 42.5 Å².